The minimum absolute atomic E-state index is 0.0500. The number of methoxy groups -OCH3 is 2. The normalized spacial score (nSPS) is 15.3. The van der Waals surface area contributed by atoms with E-state index in [9.17, 15) is 9.90 Å². The van der Waals surface area contributed by atoms with Gasteiger partial charge in [0.05, 0.1) is 24.4 Å². The van der Waals surface area contributed by atoms with Crippen molar-refractivity contribution in [1.29, 1.82) is 0 Å². The SMILES string of the molecule is C#Cc1cccc(N(C(=O)Oc2cc(CCCCC)cc(O)c2C2C=C(C)CCC2C(=C)C)c2ncnc3cc(OCCOC)c(OCCOC)cc23)c1. The molecule has 0 saturated heterocycles. The minimum Gasteiger partial charge on any atom is -0.507 e. The molecule has 2 unspecified atom stereocenters. The summed E-state index contributed by atoms with van der Waals surface area (Å²) >= 11 is 0. The van der Waals surface area contributed by atoms with Crippen LogP contribution in [0.4, 0.5) is 16.3 Å². The molecule has 1 heterocycles. The first-order valence-corrected chi connectivity index (χ1v) is 18.5. The number of rotatable bonds is 17. The predicted octanol–water partition coefficient (Wildman–Crippen LogP) is 9.45. The molecule has 0 aliphatic heterocycles. The zero-order valence-corrected chi connectivity index (χ0v) is 32.0. The highest BCUT2D eigenvalue weighted by atomic mass is 16.6. The molecule has 284 valence electrons. The van der Waals surface area contributed by atoms with Gasteiger partial charge < -0.3 is 28.8 Å². The van der Waals surface area contributed by atoms with Crippen LogP contribution < -0.4 is 19.1 Å². The Hall–Kier alpha value is -5.37. The Kier molecular flexibility index (Phi) is 14.1. The van der Waals surface area contributed by atoms with Gasteiger partial charge in [0.25, 0.3) is 0 Å². The molecule has 0 bridgehead atoms. The Labute approximate surface area is 318 Å². The topological polar surface area (TPSA) is 112 Å². The number of benzene rings is 3. The molecule has 0 fully saturated rings. The van der Waals surface area contributed by atoms with Crippen molar-refractivity contribution in [2.75, 3.05) is 45.5 Å². The van der Waals surface area contributed by atoms with Crippen LogP contribution in [0.15, 0.2) is 78.7 Å². The number of aromatic nitrogens is 2. The number of nitrogens with zero attached hydrogens (tertiary/aromatic N) is 3. The summed E-state index contributed by atoms with van der Waals surface area (Å²) in [7, 11) is 3.19. The van der Waals surface area contributed by atoms with E-state index in [2.05, 4.69) is 42.4 Å². The van der Waals surface area contributed by atoms with Crippen molar-refractivity contribution in [3.05, 3.63) is 95.3 Å². The number of phenols is 1. The number of phenolic OH excluding ortho intramolecular Hbond substituents is 1. The lowest BCUT2D eigenvalue weighted by atomic mass is 9.73. The number of hydrogen-bond acceptors (Lipinski definition) is 9. The Bertz CT molecular complexity index is 2020. The van der Waals surface area contributed by atoms with Crippen molar-refractivity contribution in [2.24, 2.45) is 5.92 Å². The quantitative estimate of drug-likeness (QED) is 0.0644. The van der Waals surface area contributed by atoms with E-state index in [4.69, 9.17) is 30.1 Å². The maximum atomic E-state index is 14.9. The van der Waals surface area contributed by atoms with Gasteiger partial charge in [-0.3, -0.25) is 0 Å². The summed E-state index contributed by atoms with van der Waals surface area (Å²) < 4.78 is 29.0. The van der Waals surface area contributed by atoms with Gasteiger partial charge in [0.1, 0.15) is 31.0 Å². The van der Waals surface area contributed by atoms with Gasteiger partial charge in [-0.05, 0) is 87.4 Å². The molecule has 10 nitrogen and oxygen atoms in total. The molecule has 1 aromatic heterocycles. The van der Waals surface area contributed by atoms with Crippen molar-refractivity contribution in [2.45, 2.75) is 65.2 Å². The number of fused-ring (bicyclic) bond motifs is 1. The standard InChI is InChI=1S/C44H51N3O7/c1-8-10-11-13-32-24-38(48)42(35-22-30(5)16-17-34(35)29(3)4)41(25-32)54-44(49)47(33-15-12-14-31(9-2)23-33)43-36-26-39(52-20-18-50-6)40(53-21-19-51-7)27-37(36)45-28-46-43/h2,12,14-15,22-28,34-35,48H,3,8,10-11,13,16-21H2,1,4-7H3. The van der Waals surface area contributed by atoms with Crippen LogP contribution in [0, 0.1) is 18.3 Å². The molecule has 1 amide bonds. The van der Waals surface area contributed by atoms with E-state index in [0.717, 1.165) is 49.7 Å². The molecule has 1 aliphatic carbocycles. The fraction of sp³-hybridized carbons (Fsp3) is 0.386. The smallest absolute Gasteiger partial charge is 0.425 e. The summed E-state index contributed by atoms with van der Waals surface area (Å²) in [6.45, 7) is 11.8. The Balaban J connectivity index is 1.68. The summed E-state index contributed by atoms with van der Waals surface area (Å²) in [5.74, 6) is 3.93. The highest BCUT2D eigenvalue weighted by Crippen LogP contribution is 2.47. The Morgan fingerprint density at radius 2 is 1.74 bits per heavy atom. The van der Waals surface area contributed by atoms with E-state index in [-0.39, 0.29) is 42.4 Å². The number of carbonyl (C=O) groups is 1. The van der Waals surface area contributed by atoms with Gasteiger partial charge in [-0.15, -0.1) is 6.42 Å². The van der Waals surface area contributed by atoms with E-state index in [1.807, 2.05) is 13.0 Å². The van der Waals surface area contributed by atoms with E-state index in [1.54, 1.807) is 56.7 Å². The molecule has 4 aromatic rings. The molecule has 10 heteroatoms. The second-order valence-corrected chi connectivity index (χ2v) is 13.6. The van der Waals surface area contributed by atoms with E-state index in [0.29, 0.717) is 52.4 Å². The molecule has 2 atom stereocenters. The summed E-state index contributed by atoms with van der Waals surface area (Å²) in [6, 6.07) is 14.2. The van der Waals surface area contributed by atoms with Gasteiger partial charge >= 0.3 is 6.09 Å². The third kappa shape index (κ3) is 9.59. The van der Waals surface area contributed by atoms with Crippen molar-refractivity contribution in [3.8, 4) is 35.3 Å². The molecular weight excluding hydrogens is 682 g/mol. The Morgan fingerprint density at radius 1 is 1.00 bits per heavy atom. The van der Waals surface area contributed by atoms with Crippen molar-refractivity contribution >= 4 is 28.5 Å². The number of anilines is 2. The average Bonchev–Trinajstić information content (AvgIpc) is 3.15. The lowest BCUT2D eigenvalue weighted by molar-refractivity contribution is 0.132. The van der Waals surface area contributed by atoms with Crippen LogP contribution in [0.1, 0.15) is 75.5 Å². The summed E-state index contributed by atoms with van der Waals surface area (Å²) in [5, 5.41) is 12.2. The van der Waals surface area contributed by atoms with Crippen LogP contribution in [0.25, 0.3) is 10.9 Å². The first-order valence-electron chi connectivity index (χ1n) is 18.5. The van der Waals surface area contributed by atoms with E-state index in [1.165, 1.54) is 16.8 Å². The number of aromatic hydroxyl groups is 1. The predicted molar refractivity (Wildman–Crippen MR) is 212 cm³/mol. The minimum atomic E-state index is -0.749. The van der Waals surface area contributed by atoms with Gasteiger partial charge in [0.15, 0.2) is 17.3 Å². The summed E-state index contributed by atoms with van der Waals surface area (Å²) in [5.41, 5.74) is 5.12. The molecule has 0 radical (unpaired) electrons. The van der Waals surface area contributed by atoms with Crippen LogP contribution >= 0.6 is 0 Å². The van der Waals surface area contributed by atoms with Gasteiger partial charge in [-0.1, -0.05) is 55.6 Å². The maximum absolute atomic E-state index is 14.9. The number of carbonyl (C=O) groups excluding carboxylic acids is 1. The van der Waals surface area contributed by atoms with E-state index < -0.39 is 6.09 Å². The first kappa shape index (κ1) is 39.8. The van der Waals surface area contributed by atoms with Crippen LogP contribution in [0.5, 0.6) is 23.0 Å². The molecule has 54 heavy (non-hydrogen) atoms. The third-order valence-corrected chi connectivity index (χ3v) is 9.60. The van der Waals surface area contributed by atoms with Crippen LogP contribution in [-0.4, -0.2) is 61.8 Å². The number of amides is 1. The molecule has 1 N–H and O–H groups in total. The highest BCUT2D eigenvalue weighted by molar-refractivity contribution is 6.05. The highest BCUT2D eigenvalue weighted by Gasteiger charge is 2.33. The zero-order chi connectivity index (χ0) is 38.6. The Morgan fingerprint density at radius 3 is 2.43 bits per heavy atom. The molecule has 0 saturated carbocycles. The second-order valence-electron chi connectivity index (χ2n) is 13.6. The summed E-state index contributed by atoms with van der Waals surface area (Å²) in [4.78, 5) is 25.4. The monoisotopic (exact) mass is 733 g/mol. The summed E-state index contributed by atoms with van der Waals surface area (Å²) in [6.07, 6.45) is 14.2. The van der Waals surface area contributed by atoms with Gasteiger partial charge in [-0.25, -0.2) is 19.7 Å². The van der Waals surface area contributed by atoms with Crippen molar-refractivity contribution < 1.29 is 33.6 Å². The molecular formula is C44H51N3O7. The van der Waals surface area contributed by atoms with E-state index >= 15 is 0 Å². The largest absolute Gasteiger partial charge is 0.507 e. The van der Waals surface area contributed by atoms with Crippen molar-refractivity contribution in [3.63, 3.8) is 0 Å². The molecule has 1 aliphatic rings. The average molecular weight is 734 g/mol. The number of terminal acetylenes is 1. The lowest BCUT2D eigenvalue weighted by Gasteiger charge is -2.32. The number of hydrogen-bond donors (Lipinski definition) is 1. The molecule has 3 aromatic carbocycles. The molecule has 0 spiro atoms. The fourth-order valence-corrected chi connectivity index (χ4v) is 6.83. The molecule has 5 rings (SSSR count). The number of allylic oxidation sites excluding steroid dienone is 3. The third-order valence-electron chi connectivity index (χ3n) is 9.60. The number of ether oxygens (including phenoxy) is 5. The second kappa shape index (κ2) is 19.1. The first-order chi connectivity index (χ1) is 26.2. The van der Waals surface area contributed by atoms with Crippen molar-refractivity contribution in [1.82, 2.24) is 9.97 Å². The van der Waals surface area contributed by atoms with Crippen LogP contribution in [-0.2, 0) is 15.9 Å². The van der Waals surface area contributed by atoms with Gasteiger partial charge in [-0.2, -0.15) is 0 Å². The lowest BCUT2D eigenvalue weighted by Crippen LogP contribution is -2.31. The maximum Gasteiger partial charge on any atom is 0.425 e. The van der Waals surface area contributed by atoms with Crippen LogP contribution in [0.3, 0.4) is 0 Å². The number of aryl methyl sites for hydroxylation is 1. The fourth-order valence-electron chi connectivity index (χ4n) is 6.83. The van der Waals surface area contributed by atoms with Gasteiger partial charge in [0.2, 0.25) is 0 Å². The van der Waals surface area contributed by atoms with Gasteiger partial charge in [0, 0.05) is 42.7 Å². The van der Waals surface area contributed by atoms with Crippen LogP contribution in [0.2, 0.25) is 0 Å². The zero-order valence-electron chi connectivity index (χ0n) is 32.0. The number of unbranched alkanes of at least 4 members (excludes halogenated alkanes) is 2.